The molecular formula is C21H20BrN3O2. The fourth-order valence-corrected chi connectivity index (χ4v) is 4.49. The second-order valence-corrected chi connectivity index (χ2v) is 8.04. The summed E-state index contributed by atoms with van der Waals surface area (Å²) in [6.45, 7) is 1.30. The minimum Gasteiger partial charge on any atom is -0.331 e. The van der Waals surface area contributed by atoms with E-state index in [1.54, 1.807) is 24.3 Å². The van der Waals surface area contributed by atoms with E-state index < -0.39 is 0 Å². The number of likely N-dealkylation sites (tertiary alicyclic amines) is 1. The number of nitrogens with zero attached hydrogens (tertiary/aromatic N) is 3. The van der Waals surface area contributed by atoms with E-state index in [0.29, 0.717) is 36.2 Å². The van der Waals surface area contributed by atoms with Crippen molar-refractivity contribution in [3.8, 4) is 6.07 Å². The lowest BCUT2D eigenvalue weighted by molar-refractivity contribution is -0.114. The third kappa shape index (κ3) is 3.51. The van der Waals surface area contributed by atoms with Gasteiger partial charge in [-0.1, -0.05) is 28.1 Å². The molecule has 0 saturated carbocycles. The van der Waals surface area contributed by atoms with Crippen LogP contribution in [0.5, 0.6) is 0 Å². The van der Waals surface area contributed by atoms with Crippen LogP contribution in [0.15, 0.2) is 53.0 Å². The summed E-state index contributed by atoms with van der Waals surface area (Å²) in [4.78, 5) is 21.0. The largest absolute Gasteiger partial charge is 0.331 e. The molecule has 138 valence electrons. The second-order valence-electron chi connectivity index (χ2n) is 7.12. The Bertz CT molecular complexity index is 893. The average Bonchev–Trinajstić information content (AvgIpc) is 3.06. The predicted octanol–water partition coefficient (Wildman–Crippen LogP) is 3.77. The summed E-state index contributed by atoms with van der Waals surface area (Å²) in [7, 11) is 1.97. The van der Waals surface area contributed by atoms with Crippen LogP contribution in [0.3, 0.4) is 0 Å². The molecule has 4 rings (SSSR count). The minimum absolute atomic E-state index is 0.00234. The van der Waals surface area contributed by atoms with Crippen molar-refractivity contribution < 1.29 is 9.63 Å². The molecule has 0 unspecified atom stereocenters. The van der Waals surface area contributed by atoms with Gasteiger partial charge >= 0.3 is 0 Å². The number of piperidine rings is 1. The Morgan fingerprint density at radius 3 is 2.74 bits per heavy atom. The summed E-state index contributed by atoms with van der Waals surface area (Å²) in [5.74, 6) is 0.304. The van der Waals surface area contributed by atoms with Crippen molar-refractivity contribution in [2.45, 2.75) is 18.5 Å². The molecular weight excluding hydrogens is 406 g/mol. The Hall–Kier alpha value is -2.20. The zero-order valence-electron chi connectivity index (χ0n) is 15.0. The second kappa shape index (κ2) is 7.43. The van der Waals surface area contributed by atoms with Gasteiger partial charge in [-0.2, -0.15) is 10.3 Å². The first-order chi connectivity index (χ1) is 13.1. The molecule has 2 aliphatic rings. The Labute approximate surface area is 167 Å². The van der Waals surface area contributed by atoms with Gasteiger partial charge in [0.1, 0.15) is 0 Å². The van der Waals surface area contributed by atoms with Crippen LogP contribution >= 0.6 is 15.9 Å². The number of hydrogen-bond donors (Lipinski definition) is 0. The lowest BCUT2D eigenvalue weighted by atomic mass is 9.85. The standard InChI is InChI=1S/C21H20BrN3O2/c1-24-19-10-20(16-3-2-4-18(22)9-16)25(12-17(19)13-27-24)21(26)15-7-5-14(11-23)6-8-15/h2-9,17,19-20H,10,12-13H2,1H3/t17-,19-,20-/m0/s1. The van der Waals surface area contributed by atoms with Gasteiger partial charge in [-0.05, 0) is 48.4 Å². The molecule has 27 heavy (non-hydrogen) atoms. The number of nitriles is 1. The molecule has 2 heterocycles. The highest BCUT2D eigenvalue weighted by atomic mass is 79.9. The van der Waals surface area contributed by atoms with Crippen LogP contribution in [-0.4, -0.2) is 42.1 Å². The van der Waals surface area contributed by atoms with Gasteiger partial charge in [0.2, 0.25) is 0 Å². The summed E-state index contributed by atoms with van der Waals surface area (Å²) >= 11 is 3.55. The van der Waals surface area contributed by atoms with Crippen molar-refractivity contribution in [3.05, 3.63) is 69.7 Å². The first-order valence-corrected chi connectivity index (χ1v) is 9.78. The molecule has 2 fully saturated rings. The Kier molecular flexibility index (Phi) is 5.00. The molecule has 0 bridgehead atoms. The van der Waals surface area contributed by atoms with Gasteiger partial charge in [0.05, 0.1) is 24.3 Å². The van der Waals surface area contributed by atoms with Crippen molar-refractivity contribution in [1.29, 1.82) is 5.26 Å². The van der Waals surface area contributed by atoms with Crippen LogP contribution in [0, 0.1) is 17.2 Å². The molecule has 2 aliphatic heterocycles. The highest BCUT2D eigenvalue weighted by Crippen LogP contribution is 2.39. The van der Waals surface area contributed by atoms with Gasteiger partial charge in [0.25, 0.3) is 5.91 Å². The minimum atomic E-state index is -0.0176. The van der Waals surface area contributed by atoms with Crippen LogP contribution in [0.1, 0.15) is 33.9 Å². The van der Waals surface area contributed by atoms with Gasteiger partial charge in [0.15, 0.2) is 0 Å². The maximum absolute atomic E-state index is 13.3. The molecule has 2 saturated heterocycles. The Morgan fingerprint density at radius 2 is 2.04 bits per heavy atom. The molecule has 2 aromatic rings. The summed E-state index contributed by atoms with van der Waals surface area (Å²) in [5, 5.41) is 10.9. The molecule has 1 amide bonds. The summed E-state index contributed by atoms with van der Waals surface area (Å²) in [6.07, 6.45) is 0.833. The average molecular weight is 426 g/mol. The molecule has 3 atom stereocenters. The molecule has 0 aromatic heterocycles. The summed E-state index contributed by atoms with van der Waals surface area (Å²) < 4.78 is 1.00. The zero-order valence-corrected chi connectivity index (χ0v) is 16.6. The summed E-state index contributed by atoms with van der Waals surface area (Å²) in [6, 6.07) is 17.4. The van der Waals surface area contributed by atoms with Crippen molar-refractivity contribution in [2.75, 3.05) is 20.2 Å². The highest BCUT2D eigenvalue weighted by Gasteiger charge is 2.44. The Balaban J connectivity index is 1.68. The van der Waals surface area contributed by atoms with E-state index in [1.807, 2.05) is 29.1 Å². The smallest absolute Gasteiger partial charge is 0.254 e. The van der Waals surface area contributed by atoms with Gasteiger partial charge in [-0.15, -0.1) is 0 Å². The number of rotatable bonds is 2. The number of fused-ring (bicyclic) bond motifs is 1. The van der Waals surface area contributed by atoms with Gasteiger partial charge < -0.3 is 4.90 Å². The number of carbonyl (C=O) groups excluding carboxylic acids is 1. The highest BCUT2D eigenvalue weighted by molar-refractivity contribution is 9.10. The van der Waals surface area contributed by atoms with E-state index in [2.05, 4.69) is 34.1 Å². The van der Waals surface area contributed by atoms with E-state index in [4.69, 9.17) is 10.1 Å². The lowest BCUT2D eigenvalue weighted by Crippen LogP contribution is -2.49. The molecule has 0 aliphatic carbocycles. The SMILES string of the molecule is CN1OC[C@@H]2CN(C(=O)c3ccc(C#N)cc3)[C@H](c3cccc(Br)c3)C[C@@H]21. The first kappa shape index (κ1) is 18.2. The number of amides is 1. The van der Waals surface area contributed by atoms with Gasteiger partial charge in [0, 0.05) is 35.6 Å². The number of carbonyl (C=O) groups is 1. The zero-order chi connectivity index (χ0) is 19.0. The third-order valence-electron chi connectivity index (χ3n) is 5.53. The first-order valence-electron chi connectivity index (χ1n) is 8.99. The van der Waals surface area contributed by atoms with Crippen molar-refractivity contribution in [1.82, 2.24) is 9.96 Å². The van der Waals surface area contributed by atoms with Crippen molar-refractivity contribution in [2.24, 2.45) is 5.92 Å². The Morgan fingerprint density at radius 1 is 1.26 bits per heavy atom. The van der Waals surface area contributed by atoms with Crippen molar-refractivity contribution >= 4 is 21.8 Å². The molecule has 6 heteroatoms. The maximum Gasteiger partial charge on any atom is 0.254 e. The quantitative estimate of drug-likeness (QED) is 0.734. The molecule has 0 N–H and O–H groups in total. The third-order valence-corrected chi connectivity index (χ3v) is 6.02. The van der Waals surface area contributed by atoms with E-state index in [1.165, 1.54) is 0 Å². The lowest BCUT2D eigenvalue weighted by Gasteiger charge is -2.42. The summed E-state index contributed by atoms with van der Waals surface area (Å²) in [5.41, 5.74) is 2.28. The van der Waals surface area contributed by atoms with E-state index in [-0.39, 0.29) is 11.9 Å². The maximum atomic E-state index is 13.3. The topological polar surface area (TPSA) is 56.6 Å². The van der Waals surface area contributed by atoms with Crippen LogP contribution in [0.25, 0.3) is 0 Å². The van der Waals surface area contributed by atoms with Crippen molar-refractivity contribution in [3.63, 3.8) is 0 Å². The van der Waals surface area contributed by atoms with E-state index in [9.17, 15) is 4.79 Å². The number of benzene rings is 2. The normalized spacial score (nSPS) is 25.1. The van der Waals surface area contributed by atoms with Crippen LogP contribution in [0.4, 0.5) is 0 Å². The molecule has 2 aromatic carbocycles. The molecule has 5 nitrogen and oxygen atoms in total. The van der Waals surface area contributed by atoms with Crippen LogP contribution in [-0.2, 0) is 4.84 Å². The predicted molar refractivity (Wildman–Crippen MR) is 105 cm³/mol. The van der Waals surface area contributed by atoms with Crippen LogP contribution < -0.4 is 0 Å². The fourth-order valence-electron chi connectivity index (χ4n) is 4.08. The molecule has 0 spiro atoms. The van der Waals surface area contributed by atoms with Crippen LogP contribution in [0.2, 0.25) is 0 Å². The molecule has 0 radical (unpaired) electrons. The number of halogens is 1. The van der Waals surface area contributed by atoms with E-state index >= 15 is 0 Å². The number of hydrogen-bond acceptors (Lipinski definition) is 4. The van der Waals surface area contributed by atoms with Gasteiger partial charge in [-0.3, -0.25) is 9.63 Å². The monoisotopic (exact) mass is 425 g/mol. The fraction of sp³-hybridized carbons (Fsp3) is 0.333. The van der Waals surface area contributed by atoms with E-state index in [0.717, 1.165) is 16.5 Å². The van der Waals surface area contributed by atoms with Gasteiger partial charge in [-0.25, -0.2) is 0 Å². The number of hydroxylamine groups is 2.